The number of aliphatic imine (C=N–C) groups is 1. The molecule has 1 aromatic heterocycles. The Morgan fingerprint density at radius 2 is 2.03 bits per heavy atom. The molecular formula is C20H27ClN4O3S. The number of hydrogen-bond acceptors (Lipinski definition) is 6. The third-order valence-corrected chi connectivity index (χ3v) is 6.73. The molecule has 0 spiro atoms. The lowest BCUT2D eigenvalue weighted by atomic mass is 10.0. The molecule has 0 unspecified atom stereocenters. The first kappa shape index (κ1) is 21.8. The van der Waals surface area contributed by atoms with Gasteiger partial charge in [0.2, 0.25) is 0 Å². The highest BCUT2D eigenvalue weighted by molar-refractivity contribution is 7.17. The number of carboxylic acid groups (broad SMARTS) is 1. The van der Waals surface area contributed by atoms with Gasteiger partial charge >= 0.3 is 5.97 Å². The molecule has 158 valence electrons. The predicted molar refractivity (Wildman–Crippen MR) is 116 cm³/mol. The van der Waals surface area contributed by atoms with E-state index in [0.29, 0.717) is 52.6 Å². The topological polar surface area (TPSA) is 86.1 Å². The Morgan fingerprint density at radius 3 is 2.52 bits per heavy atom. The van der Waals surface area contributed by atoms with Crippen molar-refractivity contribution in [2.75, 3.05) is 24.5 Å². The van der Waals surface area contributed by atoms with Crippen LogP contribution in [0.15, 0.2) is 15.7 Å². The molecule has 3 rings (SSSR count). The molecule has 0 bridgehead atoms. The summed E-state index contributed by atoms with van der Waals surface area (Å²) in [5, 5.41) is 10.6. The van der Waals surface area contributed by atoms with Gasteiger partial charge in [-0.3, -0.25) is 4.79 Å². The highest BCUT2D eigenvalue weighted by atomic mass is 35.5. The predicted octanol–water partition coefficient (Wildman–Crippen LogP) is 4.10. The molecule has 7 nitrogen and oxygen atoms in total. The van der Waals surface area contributed by atoms with Crippen molar-refractivity contribution in [3.8, 4) is 0 Å². The largest absolute Gasteiger partial charge is 0.477 e. The van der Waals surface area contributed by atoms with E-state index in [1.165, 1.54) is 11.3 Å². The summed E-state index contributed by atoms with van der Waals surface area (Å²) in [4.78, 5) is 37.6. The molecule has 0 aliphatic carbocycles. The second-order valence-corrected chi connectivity index (χ2v) is 9.05. The van der Waals surface area contributed by atoms with Gasteiger partial charge in [0, 0.05) is 26.1 Å². The van der Waals surface area contributed by atoms with Gasteiger partial charge in [-0.2, -0.15) is 0 Å². The van der Waals surface area contributed by atoms with E-state index in [1.54, 1.807) is 0 Å². The summed E-state index contributed by atoms with van der Waals surface area (Å²) in [6, 6.07) is 0.0641. The van der Waals surface area contributed by atoms with Gasteiger partial charge in [0.1, 0.15) is 15.7 Å². The number of carboxylic acids is 1. The molecular weight excluding hydrogens is 412 g/mol. The third-order valence-electron chi connectivity index (χ3n) is 5.26. The van der Waals surface area contributed by atoms with E-state index in [-0.39, 0.29) is 17.9 Å². The number of amides is 1. The van der Waals surface area contributed by atoms with E-state index in [1.807, 2.05) is 37.5 Å². The zero-order chi connectivity index (χ0) is 21.3. The van der Waals surface area contributed by atoms with Gasteiger partial charge in [-0.1, -0.05) is 50.6 Å². The number of carbonyl (C=O) groups is 2. The number of aromatic nitrogens is 1. The van der Waals surface area contributed by atoms with Crippen LogP contribution in [0.1, 0.15) is 68.2 Å². The van der Waals surface area contributed by atoms with E-state index < -0.39 is 5.97 Å². The van der Waals surface area contributed by atoms with Crippen LogP contribution in [-0.4, -0.2) is 58.3 Å². The highest BCUT2D eigenvalue weighted by Gasteiger charge is 2.38. The second kappa shape index (κ2) is 8.83. The molecule has 1 fully saturated rings. The lowest BCUT2D eigenvalue weighted by Crippen LogP contribution is -2.62. The molecule has 0 radical (unpaired) electrons. The summed E-state index contributed by atoms with van der Waals surface area (Å²) in [5.74, 6) is -0.939. The van der Waals surface area contributed by atoms with Gasteiger partial charge < -0.3 is 14.9 Å². The fourth-order valence-electron chi connectivity index (χ4n) is 3.57. The number of anilines is 1. The molecule has 1 aromatic rings. The number of carbonyl (C=O) groups excluding carboxylic acids is 1. The zero-order valence-electron chi connectivity index (χ0n) is 17.2. The van der Waals surface area contributed by atoms with Crippen LogP contribution < -0.4 is 4.90 Å². The molecule has 2 aliphatic heterocycles. The maximum Gasteiger partial charge on any atom is 0.347 e. The van der Waals surface area contributed by atoms with Crippen molar-refractivity contribution in [3.05, 3.63) is 21.3 Å². The summed E-state index contributed by atoms with van der Waals surface area (Å²) >= 11 is 7.36. The summed E-state index contributed by atoms with van der Waals surface area (Å²) in [6.45, 7) is 9.89. The first-order chi connectivity index (χ1) is 13.8. The standard InChI is InChI=1S/C20H27ClN4O3S/c1-5-7-25(18(26)14-8-12(6-2)17(21)22-14)13-9-24(10-13)20-23-15(11(3)4)16(29-20)19(27)28/h11,13H,5-10H2,1-4H3,(H,27,28). The molecule has 1 saturated heterocycles. The van der Waals surface area contributed by atoms with Crippen LogP contribution in [0.5, 0.6) is 0 Å². The average molecular weight is 439 g/mol. The normalized spacial score (nSPS) is 17.0. The van der Waals surface area contributed by atoms with Crippen molar-refractivity contribution in [2.45, 2.75) is 58.9 Å². The fourth-order valence-corrected chi connectivity index (χ4v) is 4.95. The van der Waals surface area contributed by atoms with Gasteiger partial charge in [-0.25, -0.2) is 14.8 Å². The van der Waals surface area contributed by atoms with Gasteiger partial charge in [-0.05, 0) is 24.3 Å². The summed E-state index contributed by atoms with van der Waals surface area (Å²) in [5.41, 5.74) is 2.14. The quantitative estimate of drug-likeness (QED) is 0.617. The lowest BCUT2D eigenvalue weighted by Gasteiger charge is -2.45. The second-order valence-electron chi connectivity index (χ2n) is 7.71. The van der Waals surface area contributed by atoms with Gasteiger partial charge in [0.15, 0.2) is 5.13 Å². The number of nitrogens with zero attached hydrogens (tertiary/aromatic N) is 4. The lowest BCUT2D eigenvalue weighted by molar-refractivity contribution is -0.126. The van der Waals surface area contributed by atoms with E-state index >= 15 is 0 Å². The Bertz CT molecular complexity index is 871. The van der Waals surface area contributed by atoms with Gasteiger partial charge in [0.05, 0.1) is 11.7 Å². The van der Waals surface area contributed by atoms with Crippen LogP contribution >= 0.6 is 22.9 Å². The maximum absolute atomic E-state index is 13.1. The fraction of sp³-hybridized carbons (Fsp3) is 0.600. The Morgan fingerprint density at radius 1 is 1.34 bits per heavy atom. The maximum atomic E-state index is 13.1. The first-order valence-corrected chi connectivity index (χ1v) is 11.2. The van der Waals surface area contributed by atoms with Crippen LogP contribution in [0.25, 0.3) is 0 Å². The molecule has 0 aromatic carbocycles. The van der Waals surface area contributed by atoms with Crippen LogP contribution in [0, 0.1) is 0 Å². The van der Waals surface area contributed by atoms with Crippen molar-refractivity contribution in [1.82, 2.24) is 9.88 Å². The SMILES string of the molecule is CCCN(C(=O)C1=NC(Cl)=C(CC)C1)C1CN(c2nc(C(C)C)c(C(=O)O)s2)C1. The molecule has 2 aliphatic rings. The number of aromatic carboxylic acids is 1. The van der Waals surface area contributed by atoms with Crippen molar-refractivity contribution in [1.29, 1.82) is 0 Å². The molecule has 1 amide bonds. The molecule has 9 heteroatoms. The minimum atomic E-state index is -0.937. The van der Waals surface area contributed by atoms with Gasteiger partial charge in [0.25, 0.3) is 5.91 Å². The number of allylic oxidation sites excluding steroid dienone is 1. The Hall–Kier alpha value is -1.93. The molecule has 1 N–H and O–H groups in total. The van der Waals surface area contributed by atoms with E-state index in [4.69, 9.17) is 11.6 Å². The number of rotatable bonds is 8. The minimum Gasteiger partial charge on any atom is -0.477 e. The van der Waals surface area contributed by atoms with E-state index in [0.717, 1.165) is 18.4 Å². The van der Waals surface area contributed by atoms with E-state index in [2.05, 4.69) is 9.98 Å². The van der Waals surface area contributed by atoms with Crippen molar-refractivity contribution in [2.24, 2.45) is 4.99 Å². The van der Waals surface area contributed by atoms with Gasteiger partial charge in [-0.15, -0.1) is 0 Å². The summed E-state index contributed by atoms with van der Waals surface area (Å²) in [7, 11) is 0. The van der Waals surface area contributed by atoms with Crippen LogP contribution in [0.3, 0.4) is 0 Å². The van der Waals surface area contributed by atoms with Crippen molar-refractivity contribution in [3.63, 3.8) is 0 Å². The monoisotopic (exact) mass is 438 g/mol. The summed E-state index contributed by atoms with van der Waals surface area (Å²) < 4.78 is 0. The van der Waals surface area contributed by atoms with Crippen molar-refractivity contribution < 1.29 is 14.7 Å². The number of halogens is 1. The molecule has 0 atom stereocenters. The highest BCUT2D eigenvalue weighted by Crippen LogP contribution is 2.34. The van der Waals surface area contributed by atoms with Crippen molar-refractivity contribution >= 4 is 45.7 Å². The molecule has 0 saturated carbocycles. The summed E-state index contributed by atoms with van der Waals surface area (Å²) in [6.07, 6.45) is 2.17. The van der Waals surface area contributed by atoms with Crippen LogP contribution in [0.4, 0.5) is 5.13 Å². The number of thiazole rings is 1. The Kier molecular flexibility index (Phi) is 6.63. The average Bonchev–Trinajstić information content (AvgIpc) is 3.23. The smallest absolute Gasteiger partial charge is 0.347 e. The third kappa shape index (κ3) is 4.33. The Balaban J connectivity index is 1.69. The Labute approximate surface area is 180 Å². The molecule has 3 heterocycles. The van der Waals surface area contributed by atoms with Crippen LogP contribution in [0.2, 0.25) is 0 Å². The first-order valence-electron chi connectivity index (χ1n) is 10.0. The minimum absolute atomic E-state index is 0.0479. The zero-order valence-corrected chi connectivity index (χ0v) is 18.8. The molecule has 29 heavy (non-hydrogen) atoms. The van der Waals surface area contributed by atoms with Crippen LogP contribution in [-0.2, 0) is 4.79 Å². The number of hydrogen-bond donors (Lipinski definition) is 1. The van der Waals surface area contributed by atoms with E-state index in [9.17, 15) is 14.7 Å².